The lowest BCUT2D eigenvalue weighted by Gasteiger charge is -2.08. The number of guanidine groups is 1. The van der Waals surface area contributed by atoms with Gasteiger partial charge in [0.2, 0.25) is 5.91 Å². The fraction of sp³-hybridized carbons (Fsp3) is 0.125. The van der Waals surface area contributed by atoms with Gasteiger partial charge in [0.15, 0.2) is 5.96 Å². The molecule has 0 aliphatic heterocycles. The molecule has 25 heavy (non-hydrogen) atoms. The number of benzene rings is 2. The van der Waals surface area contributed by atoms with Crippen molar-refractivity contribution in [2.45, 2.75) is 0 Å². The van der Waals surface area contributed by atoms with E-state index in [1.807, 2.05) is 12.1 Å². The van der Waals surface area contributed by atoms with Gasteiger partial charge in [-0.3, -0.25) is 4.79 Å². The summed E-state index contributed by atoms with van der Waals surface area (Å²) in [5, 5.41) is 6.04. The van der Waals surface area contributed by atoms with Crippen LogP contribution in [0.15, 0.2) is 51.9 Å². The minimum Gasteiger partial charge on any atom is -0.495 e. The first kappa shape index (κ1) is 21.5. The first-order valence-corrected chi connectivity index (χ1v) is 8.11. The summed E-state index contributed by atoms with van der Waals surface area (Å²) in [4.78, 5) is 15.9. The summed E-state index contributed by atoms with van der Waals surface area (Å²) < 4.78 is 5.95. The third-order valence-electron chi connectivity index (χ3n) is 2.93. The Kier molecular flexibility index (Phi) is 9.01. The second kappa shape index (κ2) is 10.5. The number of rotatable bonds is 5. The van der Waals surface area contributed by atoms with E-state index in [2.05, 4.69) is 31.6 Å². The first-order chi connectivity index (χ1) is 11.5. The van der Waals surface area contributed by atoms with Gasteiger partial charge in [-0.05, 0) is 36.4 Å². The third kappa shape index (κ3) is 7.09. The van der Waals surface area contributed by atoms with Crippen LogP contribution in [0.1, 0.15) is 0 Å². The molecule has 2 aromatic carbocycles. The fourth-order valence-corrected chi connectivity index (χ4v) is 2.51. The van der Waals surface area contributed by atoms with Gasteiger partial charge in [-0.1, -0.05) is 33.6 Å². The summed E-state index contributed by atoms with van der Waals surface area (Å²) in [6.45, 7) is -0.102. The number of amides is 1. The zero-order valence-electron chi connectivity index (χ0n) is 13.3. The second-order valence-corrected chi connectivity index (χ2v) is 6.06. The van der Waals surface area contributed by atoms with Crippen molar-refractivity contribution >= 4 is 74.7 Å². The maximum absolute atomic E-state index is 11.9. The molecule has 2 rings (SSSR count). The van der Waals surface area contributed by atoms with E-state index in [-0.39, 0.29) is 42.4 Å². The van der Waals surface area contributed by atoms with Gasteiger partial charge in [0.25, 0.3) is 0 Å². The number of carbonyl (C=O) groups excluding carboxylic acids is 1. The Morgan fingerprint density at radius 3 is 2.60 bits per heavy atom. The minimum atomic E-state index is -0.273. The van der Waals surface area contributed by atoms with Crippen LogP contribution in [0.5, 0.6) is 5.75 Å². The van der Waals surface area contributed by atoms with E-state index in [1.165, 1.54) is 7.11 Å². The number of anilines is 2. The molecular formula is C16H17BrClIN4O2. The van der Waals surface area contributed by atoms with Crippen molar-refractivity contribution < 1.29 is 9.53 Å². The van der Waals surface area contributed by atoms with E-state index in [0.717, 1.165) is 4.47 Å². The molecule has 134 valence electrons. The quantitative estimate of drug-likeness (QED) is 0.303. The number of hydrogen-bond donors (Lipinski definition) is 3. The number of halogens is 3. The van der Waals surface area contributed by atoms with Gasteiger partial charge >= 0.3 is 0 Å². The molecule has 0 bridgehead atoms. The zero-order valence-corrected chi connectivity index (χ0v) is 17.9. The summed E-state index contributed by atoms with van der Waals surface area (Å²) in [7, 11) is 1.54. The Labute approximate surface area is 176 Å². The van der Waals surface area contributed by atoms with Crippen LogP contribution < -0.4 is 21.1 Å². The average molecular weight is 540 g/mol. The van der Waals surface area contributed by atoms with E-state index >= 15 is 0 Å². The van der Waals surface area contributed by atoms with Gasteiger partial charge in [0, 0.05) is 15.8 Å². The first-order valence-electron chi connectivity index (χ1n) is 6.94. The van der Waals surface area contributed by atoms with Gasteiger partial charge in [-0.2, -0.15) is 0 Å². The second-order valence-electron chi connectivity index (χ2n) is 4.73. The molecule has 9 heteroatoms. The van der Waals surface area contributed by atoms with Crippen LogP contribution in [0.2, 0.25) is 5.02 Å². The smallest absolute Gasteiger partial charge is 0.246 e. The summed E-state index contributed by atoms with van der Waals surface area (Å²) in [5.74, 6) is 0.400. The molecule has 0 fully saturated rings. The topological polar surface area (TPSA) is 88.7 Å². The Balaban J connectivity index is 0.00000312. The Bertz CT molecular complexity index is 774. The van der Waals surface area contributed by atoms with Gasteiger partial charge in [0.1, 0.15) is 12.3 Å². The van der Waals surface area contributed by atoms with E-state index in [0.29, 0.717) is 22.1 Å². The van der Waals surface area contributed by atoms with E-state index in [4.69, 9.17) is 22.1 Å². The normalized spacial score (nSPS) is 10.6. The predicted molar refractivity (Wildman–Crippen MR) is 116 cm³/mol. The average Bonchev–Trinajstić information content (AvgIpc) is 2.53. The van der Waals surface area contributed by atoms with Crippen LogP contribution >= 0.6 is 51.5 Å². The van der Waals surface area contributed by atoms with Crippen LogP contribution in [-0.4, -0.2) is 25.5 Å². The van der Waals surface area contributed by atoms with Crippen LogP contribution in [-0.2, 0) is 4.79 Å². The largest absolute Gasteiger partial charge is 0.495 e. The molecule has 0 aliphatic carbocycles. The van der Waals surface area contributed by atoms with Crippen molar-refractivity contribution in [2.24, 2.45) is 10.7 Å². The Morgan fingerprint density at radius 1 is 1.24 bits per heavy atom. The fourth-order valence-electron chi connectivity index (χ4n) is 1.86. The van der Waals surface area contributed by atoms with E-state index < -0.39 is 0 Å². The molecule has 0 heterocycles. The molecule has 0 unspecified atom stereocenters. The number of nitrogens with two attached hydrogens (primary N) is 1. The molecule has 6 nitrogen and oxygen atoms in total. The van der Waals surface area contributed by atoms with Crippen molar-refractivity contribution in [1.82, 2.24) is 0 Å². The molecule has 0 saturated heterocycles. The van der Waals surface area contributed by atoms with Gasteiger partial charge in [0.05, 0.1) is 12.1 Å². The maximum Gasteiger partial charge on any atom is 0.246 e. The van der Waals surface area contributed by atoms with Crippen LogP contribution in [0, 0.1) is 0 Å². The summed E-state index contributed by atoms with van der Waals surface area (Å²) >= 11 is 9.37. The van der Waals surface area contributed by atoms with Crippen LogP contribution in [0.3, 0.4) is 0 Å². The lowest BCUT2D eigenvalue weighted by Crippen LogP contribution is -2.25. The van der Waals surface area contributed by atoms with Crippen molar-refractivity contribution in [2.75, 3.05) is 24.3 Å². The number of aliphatic imine (C=N–C) groups is 1. The molecule has 2 aromatic rings. The molecule has 4 N–H and O–H groups in total. The van der Waals surface area contributed by atoms with Crippen molar-refractivity contribution in [3.05, 3.63) is 52.0 Å². The third-order valence-corrected chi connectivity index (χ3v) is 3.71. The van der Waals surface area contributed by atoms with Crippen LogP contribution in [0.25, 0.3) is 0 Å². The number of nitrogens with one attached hydrogen (secondary N) is 2. The van der Waals surface area contributed by atoms with Crippen molar-refractivity contribution in [3.63, 3.8) is 0 Å². The van der Waals surface area contributed by atoms with Crippen molar-refractivity contribution in [3.8, 4) is 5.75 Å². The van der Waals surface area contributed by atoms with Gasteiger partial charge < -0.3 is 21.1 Å². The van der Waals surface area contributed by atoms with Gasteiger partial charge in [-0.25, -0.2) is 4.99 Å². The molecule has 0 aromatic heterocycles. The molecule has 0 saturated carbocycles. The standard InChI is InChI=1S/C16H16BrClN4O2.HI/c1-24-14-6-5-12(8-13(14)18)22-16(19)20-9-15(23)21-11-4-2-3-10(17)7-11;/h2-8H,9H2,1H3,(H,21,23)(H3,19,20,22);1H. The highest BCUT2D eigenvalue weighted by molar-refractivity contribution is 14.0. The number of hydrogen-bond acceptors (Lipinski definition) is 3. The van der Waals surface area contributed by atoms with Gasteiger partial charge in [-0.15, -0.1) is 24.0 Å². The zero-order chi connectivity index (χ0) is 17.5. The monoisotopic (exact) mass is 538 g/mol. The summed E-state index contributed by atoms with van der Waals surface area (Å²) in [5.41, 5.74) is 7.10. The molecule has 1 amide bonds. The van der Waals surface area contributed by atoms with Crippen molar-refractivity contribution in [1.29, 1.82) is 0 Å². The lowest BCUT2D eigenvalue weighted by atomic mass is 10.3. The molecule has 0 radical (unpaired) electrons. The summed E-state index contributed by atoms with van der Waals surface area (Å²) in [6.07, 6.45) is 0. The SMILES string of the molecule is COc1ccc(NC(N)=NCC(=O)Nc2cccc(Br)c2)cc1Cl.I. The minimum absolute atomic E-state index is 0. The molecule has 0 spiro atoms. The number of carbonyl (C=O) groups is 1. The lowest BCUT2D eigenvalue weighted by molar-refractivity contribution is -0.114. The summed E-state index contributed by atoms with van der Waals surface area (Å²) in [6, 6.07) is 12.4. The maximum atomic E-state index is 11.9. The number of nitrogens with zero attached hydrogens (tertiary/aromatic N) is 1. The highest BCUT2D eigenvalue weighted by Gasteiger charge is 2.04. The molecule has 0 atom stereocenters. The Hall–Kier alpha value is -1.52. The highest BCUT2D eigenvalue weighted by Crippen LogP contribution is 2.27. The number of methoxy groups -OCH3 is 1. The number of ether oxygens (including phenoxy) is 1. The van der Waals surface area contributed by atoms with E-state index in [9.17, 15) is 4.79 Å². The highest BCUT2D eigenvalue weighted by atomic mass is 127. The molecular weight excluding hydrogens is 522 g/mol. The van der Waals surface area contributed by atoms with Crippen LogP contribution in [0.4, 0.5) is 11.4 Å². The Morgan fingerprint density at radius 2 is 1.96 bits per heavy atom. The predicted octanol–water partition coefficient (Wildman–Crippen LogP) is 4.09. The molecule has 0 aliphatic rings. The van der Waals surface area contributed by atoms with E-state index in [1.54, 1.807) is 30.3 Å².